The molecule has 0 radical (unpaired) electrons. The highest BCUT2D eigenvalue weighted by Crippen LogP contribution is 1.38. The molecule has 0 aliphatic heterocycles. The summed E-state index contributed by atoms with van der Waals surface area (Å²) < 4.78 is 0. The molecule has 0 fully saturated rings. The number of allylic oxidation sites excluding steroid dienone is 2. The molecule has 0 aliphatic carbocycles. The number of hydrogen-bond acceptors (Lipinski definition) is 0. The van der Waals surface area contributed by atoms with Gasteiger partial charge in [-0.05, 0) is 13.8 Å². The minimum atomic E-state index is 1.75. The van der Waals surface area contributed by atoms with Gasteiger partial charge in [-0.25, -0.2) is 0 Å². The Hall–Kier alpha value is -0.520. The van der Waals surface area contributed by atoms with Crippen LogP contribution in [0.5, 0.6) is 0 Å². The van der Waals surface area contributed by atoms with Gasteiger partial charge in [-0.2, -0.15) is 0 Å². The van der Waals surface area contributed by atoms with Crippen LogP contribution in [0, 0.1) is 0 Å². The van der Waals surface area contributed by atoms with Crippen molar-refractivity contribution in [3.8, 4) is 0 Å². The standard InChI is InChI=1S/2C3H6.C2H6/c2*1-3-2;1-2/h2*3H,1H2,2H3;1-2H3. The molecule has 0 rings (SSSR count). The van der Waals surface area contributed by atoms with Crippen LogP contribution in [0.15, 0.2) is 25.3 Å². The van der Waals surface area contributed by atoms with E-state index in [4.69, 9.17) is 0 Å². The molecular formula is C8H18. The average Bonchev–Trinajstić information content (AvgIpc) is 1.75. The lowest BCUT2D eigenvalue weighted by atomic mass is 10.8. The Labute approximate surface area is 53.9 Å². The van der Waals surface area contributed by atoms with E-state index in [0.29, 0.717) is 0 Å². The van der Waals surface area contributed by atoms with Gasteiger partial charge in [-0.15, -0.1) is 13.2 Å². The molecule has 0 saturated heterocycles. The summed E-state index contributed by atoms with van der Waals surface area (Å²) in [5.74, 6) is 0. The van der Waals surface area contributed by atoms with E-state index >= 15 is 0 Å². The first-order valence-corrected chi connectivity index (χ1v) is 2.97. The molecule has 0 heterocycles. The first kappa shape index (κ1) is 15.6. The molecule has 0 aromatic rings. The van der Waals surface area contributed by atoms with Crippen LogP contribution >= 0.6 is 0 Å². The topological polar surface area (TPSA) is 0 Å². The van der Waals surface area contributed by atoms with Crippen LogP contribution < -0.4 is 0 Å². The molecule has 0 spiro atoms. The Morgan fingerprint density at radius 3 is 0.875 bits per heavy atom. The van der Waals surface area contributed by atoms with Gasteiger partial charge in [0.1, 0.15) is 0 Å². The van der Waals surface area contributed by atoms with Crippen molar-refractivity contribution >= 4 is 0 Å². The molecule has 0 aromatic heterocycles. The smallest absolute Gasteiger partial charge is 0.0473 e. The summed E-state index contributed by atoms with van der Waals surface area (Å²) in [7, 11) is 0. The predicted octanol–water partition coefficient (Wildman–Crippen LogP) is 3.41. The Balaban J connectivity index is -0.0000000483. The lowest BCUT2D eigenvalue weighted by Crippen LogP contribution is -1.07. The van der Waals surface area contributed by atoms with Gasteiger partial charge in [0.15, 0.2) is 0 Å². The van der Waals surface area contributed by atoms with Gasteiger partial charge >= 0.3 is 0 Å². The molecule has 0 amide bonds. The lowest BCUT2D eigenvalue weighted by molar-refractivity contribution is 1.50. The predicted molar refractivity (Wildman–Crippen MR) is 43.1 cm³/mol. The molecule has 0 aliphatic rings. The fourth-order valence-electron chi connectivity index (χ4n) is 0. The summed E-state index contributed by atoms with van der Waals surface area (Å²) in [6.45, 7) is 14.5. The van der Waals surface area contributed by atoms with Crippen LogP contribution in [0.25, 0.3) is 0 Å². The van der Waals surface area contributed by atoms with Crippen LogP contribution in [0.1, 0.15) is 27.7 Å². The van der Waals surface area contributed by atoms with Crippen molar-refractivity contribution in [1.29, 1.82) is 0 Å². The van der Waals surface area contributed by atoms with E-state index in [2.05, 4.69) is 13.2 Å². The van der Waals surface area contributed by atoms with E-state index in [1.807, 2.05) is 27.7 Å². The van der Waals surface area contributed by atoms with Gasteiger partial charge in [-0.1, -0.05) is 26.0 Å². The summed E-state index contributed by atoms with van der Waals surface area (Å²) in [5, 5.41) is 0. The average molecular weight is 114 g/mol. The highest BCUT2D eigenvalue weighted by molar-refractivity contribution is 4.51. The normalized spacial score (nSPS) is 4.00. The van der Waals surface area contributed by atoms with Crippen LogP contribution in [0.2, 0.25) is 0 Å². The molecule has 0 atom stereocenters. The first-order chi connectivity index (χ1) is 3.83. The molecular weight excluding hydrogens is 96.1 g/mol. The summed E-state index contributed by atoms with van der Waals surface area (Å²) in [4.78, 5) is 0. The first-order valence-electron chi connectivity index (χ1n) is 2.97. The van der Waals surface area contributed by atoms with Crippen molar-refractivity contribution in [2.24, 2.45) is 0 Å². The maximum atomic E-state index is 3.36. The maximum Gasteiger partial charge on any atom is -0.0473 e. The van der Waals surface area contributed by atoms with Crippen molar-refractivity contribution in [2.75, 3.05) is 0 Å². The van der Waals surface area contributed by atoms with Crippen LogP contribution in [0.3, 0.4) is 0 Å². The molecule has 0 bridgehead atoms. The lowest BCUT2D eigenvalue weighted by Gasteiger charge is -1.31. The molecule has 0 saturated carbocycles. The highest BCUT2D eigenvalue weighted by atomic mass is 13.2. The molecule has 50 valence electrons. The zero-order chi connectivity index (χ0) is 7.41. The van der Waals surface area contributed by atoms with E-state index in [1.165, 1.54) is 0 Å². The van der Waals surface area contributed by atoms with Crippen molar-refractivity contribution in [3.05, 3.63) is 25.3 Å². The van der Waals surface area contributed by atoms with Crippen LogP contribution in [0.4, 0.5) is 0 Å². The van der Waals surface area contributed by atoms with Gasteiger partial charge in [-0.3, -0.25) is 0 Å². The fourth-order valence-corrected chi connectivity index (χ4v) is 0. The van der Waals surface area contributed by atoms with Crippen LogP contribution in [-0.2, 0) is 0 Å². The van der Waals surface area contributed by atoms with Gasteiger partial charge < -0.3 is 0 Å². The minimum Gasteiger partial charge on any atom is -0.103 e. The molecule has 0 unspecified atom stereocenters. The summed E-state index contributed by atoms with van der Waals surface area (Å²) in [5.41, 5.74) is 0. The Morgan fingerprint density at radius 2 is 0.875 bits per heavy atom. The fraction of sp³-hybridized carbons (Fsp3) is 0.500. The largest absolute Gasteiger partial charge is 0.103 e. The van der Waals surface area contributed by atoms with E-state index in [-0.39, 0.29) is 0 Å². The van der Waals surface area contributed by atoms with Crippen molar-refractivity contribution in [3.63, 3.8) is 0 Å². The van der Waals surface area contributed by atoms with Gasteiger partial charge in [0, 0.05) is 0 Å². The van der Waals surface area contributed by atoms with Gasteiger partial charge in [0.2, 0.25) is 0 Å². The minimum absolute atomic E-state index is 1.75. The van der Waals surface area contributed by atoms with Crippen LogP contribution in [-0.4, -0.2) is 0 Å². The maximum absolute atomic E-state index is 3.36. The quantitative estimate of drug-likeness (QED) is 0.423. The summed E-state index contributed by atoms with van der Waals surface area (Å²) in [6, 6.07) is 0. The summed E-state index contributed by atoms with van der Waals surface area (Å²) >= 11 is 0. The Bertz CT molecular complexity index is 21.0. The van der Waals surface area contributed by atoms with Crippen molar-refractivity contribution in [1.82, 2.24) is 0 Å². The molecule has 0 aromatic carbocycles. The molecule has 0 heteroatoms. The third kappa shape index (κ3) is 407. The second-order valence-corrected chi connectivity index (χ2v) is 0.816. The monoisotopic (exact) mass is 114 g/mol. The Morgan fingerprint density at radius 1 is 0.875 bits per heavy atom. The summed E-state index contributed by atoms with van der Waals surface area (Å²) in [6.07, 6.45) is 3.50. The van der Waals surface area contributed by atoms with E-state index < -0.39 is 0 Å². The molecule has 0 nitrogen and oxygen atoms in total. The Kier molecular flexibility index (Phi) is 174. The third-order valence-corrected chi connectivity index (χ3v) is 0. The second kappa shape index (κ2) is 88.8. The second-order valence-electron chi connectivity index (χ2n) is 0.816. The molecule has 8 heavy (non-hydrogen) atoms. The van der Waals surface area contributed by atoms with E-state index in [9.17, 15) is 0 Å². The number of rotatable bonds is 0. The van der Waals surface area contributed by atoms with Gasteiger partial charge in [0.05, 0.1) is 0 Å². The zero-order valence-corrected chi connectivity index (χ0v) is 6.57. The van der Waals surface area contributed by atoms with E-state index in [1.54, 1.807) is 12.2 Å². The zero-order valence-electron chi connectivity index (χ0n) is 6.57. The SMILES string of the molecule is C=CC.C=CC.CC. The van der Waals surface area contributed by atoms with E-state index in [0.717, 1.165) is 0 Å². The highest BCUT2D eigenvalue weighted by Gasteiger charge is 1.15. The number of hydrogen-bond donors (Lipinski definition) is 0. The van der Waals surface area contributed by atoms with Gasteiger partial charge in [0.25, 0.3) is 0 Å². The van der Waals surface area contributed by atoms with Crippen molar-refractivity contribution in [2.45, 2.75) is 27.7 Å². The van der Waals surface area contributed by atoms with Crippen molar-refractivity contribution < 1.29 is 0 Å². The third-order valence-electron chi connectivity index (χ3n) is 0. The molecule has 0 N–H and O–H groups in total.